The van der Waals surface area contributed by atoms with E-state index in [0.29, 0.717) is 27.8 Å². The minimum absolute atomic E-state index is 0.138. The molecule has 0 amide bonds. The molecule has 2 heterocycles. The van der Waals surface area contributed by atoms with E-state index in [1.807, 2.05) is 18.2 Å². The molecule has 1 aliphatic rings. The second-order valence-electron chi connectivity index (χ2n) is 7.96. The molecule has 168 valence electrons. The summed E-state index contributed by atoms with van der Waals surface area (Å²) < 4.78 is 6.72. The van der Waals surface area contributed by atoms with Gasteiger partial charge in [-0.05, 0) is 48.6 Å². The number of nitrogens with one attached hydrogen (secondary N) is 2. The highest BCUT2D eigenvalue weighted by molar-refractivity contribution is 7.71. The molecule has 0 spiro atoms. The van der Waals surface area contributed by atoms with Crippen molar-refractivity contribution in [2.24, 2.45) is 0 Å². The van der Waals surface area contributed by atoms with Crippen LogP contribution < -0.4 is 15.4 Å². The van der Waals surface area contributed by atoms with E-state index in [9.17, 15) is 9.59 Å². The van der Waals surface area contributed by atoms with Crippen molar-refractivity contribution < 1.29 is 14.4 Å². The van der Waals surface area contributed by atoms with E-state index in [4.69, 9.17) is 28.6 Å². The summed E-state index contributed by atoms with van der Waals surface area (Å²) in [5, 5.41) is 1.27. The highest BCUT2D eigenvalue weighted by Gasteiger charge is 2.20. The standard InChI is InChI=1S/C23H25ClN4O3S/c1-31-22(30)16-6-7-19-20(14-16)25-23(32)28(21(19)29)9-3-8-26-10-12-27(13-11-26)18-5-2-4-17(24)15-18/h2,4-7,14-15H,3,8-13H2,1H3,(H,25,32)/p+1. The maximum Gasteiger partial charge on any atom is 0.337 e. The summed E-state index contributed by atoms with van der Waals surface area (Å²) in [6.45, 7) is 5.58. The summed E-state index contributed by atoms with van der Waals surface area (Å²) in [4.78, 5) is 31.7. The molecule has 1 fully saturated rings. The van der Waals surface area contributed by atoms with Crippen molar-refractivity contribution >= 4 is 46.4 Å². The molecule has 0 unspecified atom stereocenters. The van der Waals surface area contributed by atoms with Gasteiger partial charge in [0.05, 0.1) is 56.3 Å². The molecule has 0 atom stereocenters. The van der Waals surface area contributed by atoms with Gasteiger partial charge in [-0.25, -0.2) is 4.79 Å². The van der Waals surface area contributed by atoms with Crippen LogP contribution in [0.5, 0.6) is 0 Å². The van der Waals surface area contributed by atoms with E-state index < -0.39 is 5.97 Å². The Morgan fingerprint density at radius 2 is 2.00 bits per heavy atom. The summed E-state index contributed by atoms with van der Waals surface area (Å²) in [5.74, 6) is -0.450. The quantitative estimate of drug-likeness (QED) is 0.424. The molecule has 1 aromatic heterocycles. The number of nitrogens with zero attached hydrogens (tertiary/aromatic N) is 2. The topological polar surface area (TPSA) is 71.8 Å². The van der Waals surface area contributed by atoms with Crippen LogP contribution in [0.1, 0.15) is 16.8 Å². The smallest absolute Gasteiger partial charge is 0.337 e. The summed E-state index contributed by atoms with van der Waals surface area (Å²) in [7, 11) is 1.33. The second-order valence-corrected chi connectivity index (χ2v) is 8.78. The molecule has 0 radical (unpaired) electrons. The van der Waals surface area contributed by atoms with Crippen LogP contribution in [0.3, 0.4) is 0 Å². The number of quaternary nitrogens is 1. The molecule has 9 heteroatoms. The van der Waals surface area contributed by atoms with Crippen LogP contribution in [-0.2, 0) is 11.3 Å². The van der Waals surface area contributed by atoms with Gasteiger partial charge in [0, 0.05) is 23.7 Å². The van der Waals surface area contributed by atoms with Crippen LogP contribution >= 0.6 is 23.8 Å². The van der Waals surface area contributed by atoms with Crippen LogP contribution in [0.25, 0.3) is 10.9 Å². The third-order valence-corrected chi connectivity index (χ3v) is 6.52. The second kappa shape index (κ2) is 9.85. The predicted molar refractivity (Wildman–Crippen MR) is 129 cm³/mol. The average molecular weight is 474 g/mol. The largest absolute Gasteiger partial charge is 0.465 e. The number of carbonyl (C=O) groups excluding carboxylic acids is 1. The number of aromatic nitrogens is 2. The average Bonchev–Trinajstić information content (AvgIpc) is 2.80. The monoisotopic (exact) mass is 473 g/mol. The lowest BCUT2D eigenvalue weighted by atomic mass is 10.1. The lowest BCUT2D eigenvalue weighted by molar-refractivity contribution is -0.900. The molecule has 1 saturated heterocycles. The fourth-order valence-electron chi connectivity index (χ4n) is 4.19. The molecule has 3 aromatic rings. The van der Waals surface area contributed by atoms with Crippen LogP contribution in [0.4, 0.5) is 5.69 Å². The number of ether oxygens (including phenoxy) is 1. The number of H-pyrrole nitrogens is 1. The van der Waals surface area contributed by atoms with Crippen molar-refractivity contribution in [3.63, 3.8) is 0 Å². The van der Waals surface area contributed by atoms with E-state index in [2.05, 4.69) is 16.0 Å². The number of carbonyl (C=O) groups is 1. The van der Waals surface area contributed by atoms with Crippen molar-refractivity contribution in [2.45, 2.75) is 13.0 Å². The zero-order valence-corrected chi connectivity index (χ0v) is 19.5. The molecular weight excluding hydrogens is 448 g/mol. The van der Waals surface area contributed by atoms with Gasteiger partial charge < -0.3 is 19.5 Å². The molecule has 1 aliphatic heterocycles. The van der Waals surface area contributed by atoms with Crippen molar-refractivity contribution in [3.05, 3.63) is 68.2 Å². The number of hydrogen-bond donors (Lipinski definition) is 2. The number of fused-ring (bicyclic) bond motifs is 1. The number of methoxy groups -OCH3 is 1. The minimum Gasteiger partial charge on any atom is -0.465 e. The molecule has 0 aliphatic carbocycles. The van der Waals surface area contributed by atoms with Gasteiger partial charge in [0.1, 0.15) is 0 Å². The highest BCUT2D eigenvalue weighted by Crippen LogP contribution is 2.19. The Bertz CT molecular complexity index is 1250. The Morgan fingerprint density at radius 3 is 2.72 bits per heavy atom. The van der Waals surface area contributed by atoms with Crippen LogP contribution in [0, 0.1) is 4.77 Å². The normalized spacial score (nSPS) is 14.6. The Kier molecular flexibility index (Phi) is 6.93. The van der Waals surface area contributed by atoms with E-state index in [-0.39, 0.29) is 5.56 Å². The fraction of sp³-hybridized carbons (Fsp3) is 0.348. The van der Waals surface area contributed by atoms with Crippen molar-refractivity contribution in [1.82, 2.24) is 9.55 Å². The SMILES string of the molecule is COC(=O)c1ccc2c(=O)n(CCC[NH+]3CCN(c4cccc(Cl)c4)CC3)c(=S)[nH]c2c1. The van der Waals surface area contributed by atoms with Gasteiger partial charge >= 0.3 is 5.97 Å². The van der Waals surface area contributed by atoms with E-state index in [0.717, 1.165) is 44.2 Å². The number of rotatable bonds is 6. The molecule has 0 bridgehead atoms. The van der Waals surface area contributed by atoms with Gasteiger partial charge in [0.2, 0.25) is 0 Å². The first-order valence-corrected chi connectivity index (χ1v) is 11.4. The van der Waals surface area contributed by atoms with Gasteiger partial charge in [0.15, 0.2) is 4.77 Å². The Morgan fingerprint density at radius 1 is 1.22 bits per heavy atom. The maximum atomic E-state index is 12.9. The summed E-state index contributed by atoms with van der Waals surface area (Å²) in [5.41, 5.74) is 1.95. The number of anilines is 1. The highest BCUT2D eigenvalue weighted by atomic mass is 35.5. The number of esters is 1. The predicted octanol–water partition coefficient (Wildman–Crippen LogP) is 2.29. The first kappa shape index (κ1) is 22.5. The summed E-state index contributed by atoms with van der Waals surface area (Å²) in [6.07, 6.45) is 0.857. The number of piperazine rings is 1. The number of aromatic amines is 1. The molecule has 2 N–H and O–H groups in total. The summed E-state index contributed by atoms with van der Waals surface area (Å²) >= 11 is 11.5. The van der Waals surface area contributed by atoms with Crippen LogP contribution in [0.15, 0.2) is 47.3 Å². The number of hydrogen-bond acceptors (Lipinski definition) is 5. The van der Waals surface area contributed by atoms with Gasteiger partial charge in [-0.3, -0.25) is 9.36 Å². The van der Waals surface area contributed by atoms with Crippen LogP contribution in [-0.4, -0.2) is 55.4 Å². The van der Waals surface area contributed by atoms with Gasteiger partial charge in [0.25, 0.3) is 5.56 Å². The Balaban J connectivity index is 1.37. The molecule has 7 nitrogen and oxygen atoms in total. The Hall–Kier alpha value is -2.68. The van der Waals surface area contributed by atoms with E-state index in [1.165, 1.54) is 17.7 Å². The minimum atomic E-state index is -0.450. The lowest BCUT2D eigenvalue weighted by Gasteiger charge is -2.33. The van der Waals surface area contributed by atoms with Gasteiger partial charge in [-0.15, -0.1) is 0 Å². The lowest BCUT2D eigenvalue weighted by Crippen LogP contribution is -3.14. The molecule has 2 aromatic carbocycles. The van der Waals surface area contributed by atoms with Crippen molar-refractivity contribution in [3.8, 4) is 0 Å². The fourth-order valence-corrected chi connectivity index (χ4v) is 4.66. The van der Waals surface area contributed by atoms with Gasteiger partial charge in [-0.2, -0.15) is 0 Å². The van der Waals surface area contributed by atoms with Gasteiger partial charge in [-0.1, -0.05) is 17.7 Å². The zero-order valence-electron chi connectivity index (χ0n) is 17.9. The van der Waals surface area contributed by atoms with Crippen LogP contribution in [0.2, 0.25) is 5.02 Å². The van der Waals surface area contributed by atoms with Crippen molar-refractivity contribution in [1.29, 1.82) is 0 Å². The number of benzene rings is 2. The number of halogens is 1. The summed E-state index contributed by atoms with van der Waals surface area (Å²) in [6, 6.07) is 12.8. The van der Waals surface area contributed by atoms with Crippen molar-refractivity contribution in [2.75, 3.05) is 44.7 Å². The molecular formula is C23H26ClN4O3S+. The Labute approximate surface area is 196 Å². The first-order chi connectivity index (χ1) is 15.5. The molecule has 4 rings (SSSR count). The molecule has 0 saturated carbocycles. The molecule has 32 heavy (non-hydrogen) atoms. The third-order valence-electron chi connectivity index (χ3n) is 5.96. The zero-order chi connectivity index (χ0) is 22.7. The third kappa shape index (κ3) is 4.87. The first-order valence-electron chi connectivity index (χ1n) is 10.7. The van der Waals surface area contributed by atoms with E-state index in [1.54, 1.807) is 22.8 Å². The van der Waals surface area contributed by atoms with E-state index >= 15 is 0 Å². The maximum absolute atomic E-state index is 12.9.